The van der Waals surface area contributed by atoms with Gasteiger partial charge in [0.1, 0.15) is 12.4 Å². The molecular formula is C17H19NO. The fraction of sp³-hybridized carbons (Fsp3) is 0.294. The Morgan fingerprint density at radius 3 is 2.74 bits per heavy atom. The van der Waals surface area contributed by atoms with E-state index >= 15 is 0 Å². The summed E-state index contributed by atoms with van der Waals surface area (Å²) in [4.78, 5) is 0. The molecule has 19 heavy (non-hydrogen) atoms. The number of fused-ring (bicyclic) bond motifs is 1. The third-order valence-corrected chi connectivity index (χ3v) is 3.00. The summed E-state index contributed by atoms with van der Waals surface area (Å²) in [6.07, 6.45) is 0.802. The molecule has 0 heterocycles. The van der Waals surface area contributed by atoms with Crippen molar-refractivity contribution in [3.63, 3.8) is 0 Å². The van der Waals surface area contributed by atoms with Gasteiger partial charge in [-0.05, 0) is 37.1 Å². The van der Waals surface area contributed by atoms with Crippen LogP contribution < -0.4 is 10.5 Å². The second kappa shape index (κ2) is 6.26. The molecule has 0 aliphatic heterocycles. The Kier molecular flexibility index (Phi) is 4.43. The summed E-state index contributed by atoms with van der Waals surface area (Å²) in [6.45, 7) is 4.24. The van der Waals surface area contributed by atoms with Crippen LogP contribution in [0, 0.1) is 11.8 Å². The first-order chi connectivity index (χ1) is 9.22. The second-order valence-corrected chi connectivity index (χ2v) is 4.66. The highest BCUT2D eigenvalue weighted by atomic mass is 16.5. The van der Waals surface area contributed by atoms with Crippen LogP contribution in [0.15, 0.2) is 36.4 Å². The van der Waals surface area contributed by atoms with Gasteiger partial charge in [-0.25, -0.2) is 0 Å². The Labute approximate surface area is 114 Å². The second-order valence-electron chi connectivity index (χ2n) is 4.66. The van der Waals surface area contributed by atoms with E-state index < -0.39 is 0 Å². The van der Waals surface area contributed by atoms with E-state index in [1.807, 2.05) is 32.0 Å². The highest BCUT2D eigenvalue weighted by Crippen LogP contribution is 2.29. The minimum Gasteiger partial charge on any atom is -0.481 e. The van der Waals surface area contributed by atoms with Gasteiger partial charge >= 0.3 is 0 Å². The van der Waals surface area contributed by atoms with Gasteiger partial charge in [0, 0.05) is 11.6 Å². The molecule has 0 bridgehead atoms. The van der Waals surface area contributed by atoms with Crippen LogP contribution >= 0.6 is 0 Å². The molecule has 0 saturated carbocycles. The summed E-state index contributed by atoms with van der Waals surface area (Å²) in [6, 6.07) is 12.5. The molecule has 0 fully saturated rings. The van der Waals surface area contributed by atoms with Crippen LogP contribution in [0.3, 0.4) is 0 Å². The Bertz CT molecular complexity index is 620. The van der Waals surface area contributed by atoms with Crippen molar-refractivity contribution >= 4 is 10.8 Å². The number of nitrogens with two attached hydrogens (primary N) is 1. The van der Waals surface area contributed by atoms with Gasteiger partial charge in [0.15, 0.2) is 0 Å². The summed E-state index contributed by atoms with van der Waals surface area (Å²) >= 11 is 0. The molecule has 2 aromatic rings. The lowest BCUT2D eigenvalue weighted by molar-refractivity contribution is 0.366. The molecule has 2 heteroatoms. The number of hydrogen-bond acceptors (Lipinski definition) is 2. The first-order valence-electron chi connectivity index (χ1n) is 6.51. The Balaban J connectivity index is 2.45. The smallest absolute Gasteiger partial charge is 0.149 e. The fourth-order valence-corrected chi connectivity index (χ4v) is 2.17. The quantitative estimate of drug-likeness (QED) is 0.850. The van der Waals surface area contributed by atoms with Crippen molar-refractivity contribution in [1.82, 2.24) is 0 Å². The zero-order valence-corrected chi connectivity index (χ0v) is 11.4. The molecule has 0 radical (unpaired) electrons. The third-order valence-electron chi connectivity index (χ3n) is 3.00. The normalized spacial score (nSPS) is 11.7. The van der Waals surface area contributed by atoms with Gasteiger partial charge in [0.25, 0.3) is 0 Å². The fourth-order valence-electron chi connectivity index (χ4n) is 2.17. The number of hydrogen-bond donors (Lipinski definition) is 1. The molecule has 1 atom stereocenters. The van der Waals surface area contributed by atoms with Crippen LogP contribution in [0.25, 0.3) is 10.8 Å². The molecule has 0 saturated heterocycles. The molecule has 98 valence electrons. The average Bonchev–Trinajstić information content (AvgIpc) is 2.41. The summed E-state index contributed by atoms with van der Waals surface area (Å²) in [5.74, 6) is 6.65. The predicted molar refractivity (Wildman–Crippen MR) is 80.2 cm³/mol. The zero-order valence-electron chi connectivity index (χ0n) is 11.4. The van der Waals surface area contributed by atoms with Crippen molar-refractivity contribution in [3.8, 4) is 17.6 Å². The Hall–Kier alpha value is -1.98. The number of benzene rings is 2. The van der Waals surface area contributed by atoms with Crippen LogP contribution in [0.5, 0.6) is 5.75 Å². The van der Waals surface area contributed by atoms with E-state index in [1.54, 1.807) is 0 Å². The van der Waals surface area contributed by atoms with Gasteiger partial charge in [0.05, 0.1) is 0 Å². The van der Waals surface area contributed by atoms with Crippen molar-refractivity contribution in [2.45, 2.75) is 26.3 Å². The minimum absolute atomic E-state index is 0.102. The maximum absolute atomic E-state index is 5.96. The van der Waals surface area contributed by atoms with Crippen LogP contribution in [0.2, 0.25) is 0 Å². The molecule has 2 rings (SSSR count). The lowest BCUT2D eigenvalue weighted by Crippen LogP contribution is -2.18. The largest absolute Gasteiger partial charge is 0.481 e. The molecule has 0 spiro atoms. The van der Waals surface area contributed by atoms with Crippen LogP contribution in [-0.2, 0) is 6.42 Å². The van der Waals surface area contributed by atoms with E-state index in [-0.39, 0.29) is 6.04 Å². The number of rotatable bonds is 4. The van der Waals surface area contributed by atoms with Crippen molar-refractivity contribution in [2.75, 3.05) is 6.61 Å². The lowest BCUT2D eigenvalue weighted by atomic mass is 9.98. The maximum Gasteiger partial charge on any atom is 0.149 e. The third kappa shape index (κ3) is 3.27. The molecule has 0 amide bonds. The first kappa shape index (κ1) is 13.5. The van der Waals surface area contributed by atoms with Crippen LogP contribution in [-0.4, -0.2) is 12.6 Å². The SMILES string of the molecule is CC#CCOc1ccc2ccccc2c1CC(C)N. The van der Waals surface area contributed by atoms with E-state index in [4.69, 9.17) is 10.5 Å². The van der Waals surface area contributed by atoms with E-state index in [1.165, 1.54) is 16.3 Å². The maximum atomic E-state index is 5.96. The monoisotopic (exact) mass is 253 g/mol. The van der Waals surface area contributed by atoms with Gasteiger partial charge < -0.3 is 10.5 Å². The molecule has 1 unspecified atom stereocenters. The summed E-state index contributed by atoms with van der Waals surface area (Å²) in [5, 5.41) is 2.42. The minimum atomic E-state index is 0.102. The Morgan fingerprint density at radius 1 is 1.21 bits per heavy atom. The van der Waals surface area contributed by atoms with Gasteiger partial charge in [-0.2, -0.15) is 0 Å². The van der Waals surface area contributed by atoms with Gasteiger partial charge in [-0.15, -0.1) is 5.92 Å². The summed E-state index contributed by atoms with van der Waals surface area (Å²) in [7, 11) is 0. The highest BCUT2D eigenvalue weighted by Gasteiger charge is 2.10. The summed E-state index contributed by atoms with van der Waals surface area (Å²) < 4.78 is 5.76. The number of ether oxygens (including phenoxy) is 1. The first-order valence-corrected chi connectivity index (χ1v) is 6.51. The van der Waals surface area contributed by atoms with E-state index in [9.17, 15) is 0 Å². The average molecular weight is 253 g/mol. The molecule has 2 N–H and O–H groups in total. The molecule has 2 aromatic carbocycles. The topological polar surface area (TPSA) is 35.2 Å². The van der Waals surface area contributed by atoms with E-state index in [0.717, 1.165) is 12.2 Å². The molecular weight excluding hydrogens is 234 g/mol. The van der Waals surface area contributed by atoms with E-state index in [2.05, 4.69) is 30.0 Å². The predicted octanol–water partition coefficient (Wildman–Crippen LogP) is 3.13. The highest BCUT2D eigenvalue weighted by molar-refractivity contribution is 5.87. The Morgan fingerprint density at radius 2 is 2.00 bits per heavy atom. The van der Waals surface area contributed by atoms with Crippen LogP contribution in [0.1, 0.15) is 19.4 Å². The molecule has 0 aliphatic carbocycles. The summed E-state index contributed by atoms with van der Waals surface area (Å²) in [5.41, 5.74) is 7.13. The van der Waals surface area contributed by atoms with Crippen molar-refractivity contribution in [3.05, 3.63) is 42.0 Å². The van der Waals surface area contributed by atoms with Gasteiger partial charge in [0.2, 0.25) is 0 Å². The molecule has 0 aromatic heterocycles. The van der Waals surface area contributed by atoms with Crippen molar-refractivity contribution in [2.24, 2.45) is 5.73 Å². The van der Waals surface area contributed by atoms with Gasteiger partial charge in [-0.1, -0.05) is 36.3 Å². The zero-order chi connectivity index (χ0) is 13.7. The molecule has 2 nitrogen and oxygen atoms in total. The van der Waals surface area contributed by atoms with E-state index in [0.29, 0.717) is 6.61 Å². The van der Waals surface area contributed by atoms with Crippen molar-refractivity contribution < 1.29 is 4.74 Å². The molecule has 0 aliphatic rings. The lowest BCUT2D eigenvalue weighted by Gasteiger charge is -2.14. The van der Waals surface area contributed by atoms with Crippen LogP contribution in [0.4, 0.5) is 0 Å². The van der Waals surface area contributed by atoms with Crippen molar-refractivity contribution in [1.29, 1.82) is 0 Å². The van der Waals surface area contributed by atoms with Gasteiger partial charge in [-0.3, -0.25) is 0 Å². The standard InChI is InChI=1S/C17H19NO/c1-3-4-11-19-17-10-9-14-7-5-6-8-15(14)16(17)12-13(2)18/h5-10,13H,11-12,18H2,1-2H3.